The predicted octanol–water partition coefficient (Wildman–Crippen LogP) is -1.86. The Morgan fingerprint density at radius 3 is 2.81 bits per heavy atom. The molecule has 1 amide bonds. The van der Waals surface area contributed by atoms with Crippen LogP contribution >= 0.6 is 0 Å². The molecule has 0 bridgehead atoms. The Hall–Kier alpha value is -2.07. The molecule has 1 aliphatic heterocycles. The van der Waals surface area contributed by atoms with Crippen LogP contribution in [-0.4, -0.2) is 60.7 Å². The number of nitrogens with zero attached hydrogens (tertiary/aromatic N) is 3. The Balaban J connectivity index is 2.11. The molecule has 4 unspecified atom stereocenters. The molecule has 112 valence electrons. The van der Waals surface area contributed by atoms with Gasteiger partial charge in [-0.3, -0.25) is 4.79 Å². The molecule has 0 spiro atoms. The lowest BCUT2D eigenvalue weighted by molar-refractivity contribution is -0.0508. The molecule has 5 N–H and O–H groups in total. The predicted molar refractivity (Wildman–Crippen MR) is 69.1 cm³/mol. The van der Waals surface area contributed by atoms with Gasteiger partial charge in [0.2, 0.25) is 0 Å². The van der Waals surface area contributed by atoms with E-state index in [1.807, 2.05) is 0 Å². The summed E-state index contributed by atoms with van der Waals surface area (Å²) in [5, 5.41) is 29.4. The van der Waals surface area contributed by atoms with Crippen LogP contribution in [0.5, 0.6) is 0 Å². The van der Waals surface area contributed by atoms with Crippen LogP contribution in [0.4, 0.5) is 0 Å². The van der Waals surface area contributed by atoms with E-state index in [0.29, 0.717) is 11.0 Å². The van der Waals surface area contributed by atoms with Gasteiger partial charge in [0.1, 0.15) is 30.3 Å². The monoisotopic (exact) mass is 294 g/mol. The van der Waals surface area contributed by atoms with Crippen molar-refractivity contribution in [3.05, 3.63) is 24.3 Å². The van der Waals surface area contributed by atoms with Gasteiger partial charge in [0.05, 0.1) is 17.6 Å². The number of amides is 1. The Labute approximate surface area is 118 Å². The number of aromatic nitrogens is 3. The van der Waals surface area contributed by atoms with Crippen LogP contribution in [0.25, 0.3) is 11.0 Å². The number of aliphatic hydroxyl groups is 3. The zero-order chi connectivity index (χ0) is 15.1. The van der Waals surface area contributed by atoms with Crippen LogP contribution in [0.3, 0.4) is 0 Å². The van der Waals surface area contributed by atoms with Crippen LogP contribution in [-0.2, 0) is 4.74 Å². The van der Waals surface area contributed by atoms with E-state index in [4.69, 9.17) is 15.6 Å². The van der Waals surface area contributed by atoms with E-state index in [9.17, 15) is 15.0 Å². The molecule has 2 aromatic rings. The third kappa shape index (κ3) is 2.07. The van der Waals surface area contributed by atoms with Crippen molar-refractivity contribution >= 4 is 16.9 Å². The fraction of sp³-hybridized carbons (Fsp3) is 0.417. The highest BCUT2D eigenvalue weighted by atomic mass is 16.6. The number of carbonyl (C=O) groups is 1. The molecular weight excluding hydrogens is 280 g/mol. The summed E-state index contributed by atoms with van der Waals surface area (Å²) < 4.78 is 6.83. The smallest absolute Gasteiger partial charge is 0.250 e. The SMILES string of the molecule is NC(=O)c1cn(C2OC(CO)C(O)C2O)c2ncncc12. The normalized spacial score (nSPS) is 29.1. The topological polar surface area (TPSA) is 144 Å². The molecule has 9 heteroatoms. The zero-order valence-electron chi connectivity index (χ0n) is 10.8. The van der Waals surface area contributed by atoms with E-state index in [2.05, 4.69) is 9.97 Å². The molecule has 1 fully saturated rings. The van der Waals surface area contributed by atoms with Crippen LogP contribution in [0.2, 0.25) is 0 Å². The molecule has 0 saturated carbocycles. The third-order valence-corrected chi connectivity index (χ3v) is 3.55. The largest absolute Gasteiger partial charge is 0.394 e. The number of fused-ring (bicyclic) bond motifs is 1. The number of carbonyl (C=O) groups excluding carboxylic acids is 1. The van der Waals surface area contributed by atoms with Crippen LogP contribution in [0.15, 0.2) is 18.7 Å². The molecule has 1 saturated heterocycles. The molecule has 0 aliphatic carbocycles. The number of rotatable bonds is 3. The second kappa shape index (κ2) is 5.04. The summed E-state index contributed by atoms with van der Waals surface area (Å²) in [5.41, 5.74) is 5.83. The summed E-state index contributed by atoms with van der Waals surface area (Å²) in [6.07, 6.45) is -0.304. The van der Waals surface area contributed by atoms with Gasteiger partial charge in [-0.05, 0) is 0 Å². The van der Waals surface area contributed by atoms with Crippen molar-refractivity contribution in [1.82, 2.24) is 14.5 Å². The first-order chi connectivity index (χ1) is 10.0. The number of hydrogen-bond acceptors (Lipinski definition) is 7. The third-order valence-electron chi connectivity index (χ3n) is 3.55. The van der Waals surface area contributed by atoms with Crippen LogP contribution in [0.1, 0.15) is 16.6 Å². The second-order valence-electron chi connectivity index (χ2n) is 4.80. The van der Waals surface area contributed by atoms with Gasteiger partial charge in [-0.15, -0.1) is 0 Å². The van der Waals surface area contributed by atoms with Crippen molar-refractivity contribution in [3.63, 3.8) is 0 Å². The summed E-state index contributed by atoms with van der Waals surface area (Å²) in [6, 6.07) is 0. The van der Waals surface area contributed by atoms with Gasteiger partial charge in [0, 0.05) is 12.4 Å². The summed E-state index contributed by atoms with van der Waals surface area (Å²) >= 11 is 0. The molecule has 0 aromatic carbocycles. The van der Waals surface area contributed by atoms with E-state index < -0.39 is 37.1 Å². The number of ether oxygens (including phenoxy) is 1. The number of primary amides is 1. The Bertz CT molecular complexity index is 687. The first-order valence-corrected chi connectivity index (χ1v) is 6.27. The Kier molecular flexibility index (Phi) is 3.33. The maximum absolute atomic E-state index is 11.5. The first kappa shape index (κ1) is 13.9. The molecule has 1 aliphatic rings. The van der Waals surface area contributed by atoms with Crippen molar-refractivity contribution in [2.75, 3.05) is 6.61 Å². The molecule has 3 heterocycles. The lowest BCUT2D eigenvalue weighted by Crippen LogP contribution is -2.33. The van der Waals surface area contributed by atoms with E-state index >= 15 is 0 Å². The number of nitrogens with two attached hydrogens (primary N) is 1. The summed E-state index contributed by atoms with van der Waals surface area (Å²) in [6.45, 7) is -0.439. The fourth-order valence-electron chi connectivity index (χ4n) is 2.49. The summed E-state index contributed by atoms with van der Waals surface area (Å²) in [7, 11) is 0. The maximum atomic E-state index is 11.5. The van der Waals surface area contributed by atoms with Gasteiger partial charge < -0.3 is 30.4 Å². The Morgan fingerprint density at radius 2 is 2.19 bits per heavy atom. The molecule has 21 heavy (non-hydrogen) atoms. The molecule has 4 atom stereocenters. The van der Waals surface area contributed by atoms with Crippen molar-refractivity contribution in [2.24, 2.45) is 5.73 Å². The minimum atomic E-state index is -1.27. The van der Waals surface area contributed by atoms with Crippen molar-refractivity contribution in [2.45, 2.75) is 24.5 Å². The van der Waals surface area contributed by atoms with E-state index in [0.717, 1.165) is 0 Å². The van der Waals surface area contributed by atoms with Crippen molar-refractivity contribution < 1.29 is 24.9 Å². The first-order valence-electron chi connectivity index (χ1n) is 6.27. The second-order valence-corrected chi connectivity index (χ2v) is 4.80. The molecule has 3 rings (SSSR count). The average Bonchev–Trinajstić information content (AvgIpc) is 2.99. The minimum absolute atomic E-state index is 0.184. The van der Waals surface area contributed by atoms with Crippen molar-refractivity contribution in [1.29, 1.82) is 0 Å². The van der Waals surface area contributed by atoms with E-state index in [1.54, 1.807) is 0 Å². The van der Waals surface area contributed by atoms with Gasteiger partial charge in [-0.25, -0.2) is 9.97 Å². The van der Waals surface area contributed by atoms with Crippen molar-refractivity contribution in [3.8, 4) is 0 Å². The molecule has 9 nitrogen and oxygen atoms in total. The van der Waals surface area contributed by atoms with Crippen LogP contribution < -0.4 is 5.73 Å². The van der Waals surface area contributed by atoms with Gasteiger partial charge in [-0.1, -0.05) is 0 Å². The van der Waals surface area contributed by atoms with Gasteiger partial charge in [-0.2, -0.15) is 0 Å². The van der Waals surface area contributed by atoms with Gasteiger partial charge in [0.15, 0.2) is 6.23 Å². The molecule has 2 aromatic heterocycles. The Morgan fingerprint density at radius 1 is 1.43 bits per heavy atom. The quantitative estimate of drug-likeness (QED) is 0.519. The standard InChI is InChI=1S/C12H14N4O5/c13-10(20)6-2-16(11-5(6)1-14-4-15-11)12-9(19)8(18)7(3-17)21-12/h1-2,4,7-9,12,17-19H,3H2,(H2,13,20). The maximum Gasteiger partial charge on any atom is 0.250 e. The number of hydrogen-bond donors (Lipinski definition) is 4. The fourth-order valence-corrected chi connectivity index (χ4v) is 2.49. The highest BCUT2D eigenvalue weighted by Gasteiger charge is 2.44. The highest BCUT2D eigenvalue weighted by Crippen LogP contribution is 2.32. The number of aliphatic hydroxyl groups excluding tert-OH is 3. The lowest BCUT2D eigenvalue weighted by atomic mass is 10.1. The molecule has 0 radical (unpaired) electrons. The molecular formula is C12H14N4O5. The van der Waals surface area contributed by atoms with E-state index in [-0.39, 0.29) is 5.56 Å². The summed E-state index contributed by atoms with van der Waals surface area (Å²) in [4.78, 5) is 19.4. The van der Waals surface area contributed by atoms with Crippen LogP contribution in [0, 0.1) is 0 Å². The van der Waals surface area contributed by atoms with Gasteiger partial charge >= 0.3 is 0 Å². The summed E-state index contributed by atoms with van der Waals surface area (Å²) in [5.74, 6) is -0.666. The lowest BCUT2D eigenvalue weighted by Gasteiger charge is -2.17. The zero-order valence-corrected chi connectivity index (χ0v) is 10.8. The average molecular weight is 294 g/mol. The van der Waals surface area contributed by atoms with E-state index in [1.165, 1.54) is 23.3 Å². The highest BCUT2D eigenvalue weighted by molar-refractivity contribution is 6.05. The minimum Gasteiger partial charge on any atom is -0.394 e. The van der Waals surface area contributed by atoms with Gasteiger partial charge in [0.25, 0.3) is 5.91 Å².